The van der Waals surface area contributed by atoms with Crippen molar-refractivity contribution in [2.24, 2.45) is 5.73 Å². The van der Waals surface area contributed by atoms with Crippen LogP contribution >= 0.6 is 0 Å². The Morgan fingerprint density at radius 2 is 1.88 bits per heavy atom. The Morgan fingerprint density at radius 1 is 1.22 bits per heavy atom. The molecule has 1 unspecified atom stereocenters. The lowest BCUT2D eigenvalue weighted by Crippen LogP contribution is -2.58. The number of carbonyl (C=O) groups is 1. The number of nitriles is 1. The van der Waals surface area contributed by atoms with Gasteiger partial charge in [-0.25, -0.2) is 8.42 Å². The van der Waals surface area contributed by atoms with Crippen molar-refractivity contribution in [3.63, 3.8) is 0 Å². The number of nitrogens with one attached hydrogen (secondary N) is 1. The summed E-state index contributed by atoms with van der Waals surface area (Å²) < 4.78 is 31.1. The molecule has 2 heterocycles. The van der Waals surface area contributed by atoms with Crippen molar-refractivity contribution < 1.29 is 17.9 Å². The maximum atomic E-state index is 12.6. The molecule has 1 atom stereocenters. The number of carbonyl (C=O) groups excluding carboxylic acids is 1. The van der Waals surface area contributed by atoms with Gasteiger partial charge >= 0.3 is 0 Å². The van der Waals surface area contributed by atoms with Gasteiger partial charge in [-0.15, -0.1) is 0 Å². The molecule has 32 heavy (non-hydrogen) atoms. The molecule has 0 spiro atoms. The van der Waals surface area contributed by atoms with Gasteiger partial charge in [0.25, 0.3) is 0 Å². The van der Waals surface area contributed by atoms with Crippen molar-refractivity contribution in [3.8, 4) is 17.2 Å². The average molecular weight is 455 g/mol. The third-order valence-electron chi connectivity index (χ3n) is 6.17. The zero-order chi connectivity index (χ0) is 22.9. The van der Waals surface area contributed by atoms with Crippen LogP contribution in [0.5, 0.6) is 0 Å². The third kappa shape index (κ3) is 4.27. The van der Waals surface area contributed by atoms with Gasteiger partial charge in [0.2, 0.25) is 15.9 Å². The molecule has 9 heteroatoms. The lowest BCUT2D eigenvalue weighted by Gasteiger charge is -2.32. The highest BCUT2D eigenvalue weighted by molar-refractivity contribution is 7.89. The molecular weight excluding hydrogens is 428 g/mol. The van der Waals surface area contributed by atoms with Crippen LogP contribution in [-0.4, -0.2) is 50.5 Å². The lowest BCUT2D eigenvalue weighted by atomic mass is 9.90. The Morgan fingerprint density at radius 3 is 2.53 bits per heavy atom. The Kier molecular flexibility index (Phi) is 6.05. The lowest BCUT2D eigenvalue weighted by molar-refractivity contribution is -0.130. The van der Waals surface area contributed by atoms with Crippen LogP contribution in [0.15, 0.2) is 47.4 Å². The maximum absolute atomic E-state index is 12.6. The largest absolute Gasteiger partial charge is 0.381 e. The Labute approximate surface area is 188 Å². The molecule has 0 aliphatic carbocycles. The Hall–Kier alpha value is -2.77. The van der Waals surface area contributed by atoms with Crippen molar-refractivity contribution in [1.82, 2.24) is 9.62 Å². The number of benzene rings is 2. The second-order valence-electron chi connectivity index (χ2n) is 8.41. The second-order valence-corrected chi connectivity index (χ2v) is 10.4. The second kappa shape index (κ2) is 8.64. The van der Waals surface area contributed by atoms with Gasteiger partial charge in [-0.3, -0.25) is 4.79 Å². The summed E-state index contributed by atoms with van der Waals surface area (Å²) in [5, 5.41) is 12.3. The van der Waals surface area contributed by atoms with Crippen LogP contribution in [0.3, 0.4) is 0 Å². The topological polar surface area (TPSA) is 126 Å². The minimum atomic E-state index is -3.38. The summed E-state index contributed by atoms with van der Waals surface area (Å²) in [7, 11) is -1.80. The molecule has 1 amide bonds. The van der Waals surface area contributed by atoms with Crippen LogP contribution in [0, 0.1) is 11.3 Å². The number of nitrogens with zero attached hydrogens (tertiary/aromatic N) is 2. The van der Waals surface area contributed by atoms with E-state index in [1.165, 1.54) is 4.31 Å². The van der Waals surface area contributed by atoms with Crippen LogP contribution in [0.25, 0.3) is 11.1 Å². The van der Waals surface area contributed by atoms with E-state index >= 15 is 0 Å². The number of nitrogens with two attached hydrogens (primary N) is 1. The van der Waals surface area contributed by atoms with Crippen LogP contribution in [0.2, 0.25) is 0 Å². The van der Waals surface area contributed by atoms with E-state index in [9.17, 15) is 18.5 Å². The maximum Gasteiger partial charge on any atom is 0.243 e. The molecule has 168 valence electrons. The average Bonchev–Trinajstić information content (AvgIpc) is 3.01. The minimum Gasteiger partial charge on any atom is -0.381 e. The highest BCUT2D eigenvalue weighted by atomic mass is 32.2. The number of rotatable bonds is 5. The fraction of sp³-hybridized carbons (Fsp3) is 0.391. The summed E-state index contributed by atoms with van der Waals surface area (Å²) in [5.74, 6) is -0.318. The molecule has 0 radical (unpaired) electrons. The van der Waals surface area contributed by atoms with Gasteiger partial charge in [0, 0.05) is 33.2 Å². The molecule has 8 nitrogen and oxygen atoms in total. The number of fused-ring (bicyclic) bond motifs is 1. The van der Waals surface area contributed by atoms with Gasteiger partial charge < -0.3 is 15.8 Å². The van der Waals surface area contributed by atoms with E-state index < -0.39 is 21.6 Å². The first-order chi connectivity index (χ1) is 15.2. The molecule has 0 aromatic heterocycles. The van der Waals surface area contributed by atoms with E-state index in [-0.39, 0.29) is 5.91 Å². The summed E-state index contributed by atoms with van der Waals surface area (Å²) in [5.41, 5.74) is 8.77. The van der Waals surface area contributed by atoms with Crippen LogP contribution < -0.4 is 11.1 Å². The molecule has 2 aromatic carbocycles. The summed E-state index contributed by atoms with van der Waals surface area (Å²) in [6.45, 7) is 1.24. The third-order valence-corrected chi connectivity index (χ3v) is 8.07. The highest BCUT2D eigenvalue weighted by Crippen LogP contribution is 2.32. The van der Waals surface area contributed by atoms with Gasteiger partial charge in [-0.1, -0.05) is 30.3 Å². The van der Waals surface area contributed by atoms with E-state index in [2.05, 4.69) is 11.4 Å². The SMILES string of the molecule is CN1Cc2cc(-c3ccc(CC(C#N)NC(=O)C4(N)CCOCC4)cc3)ccc2S1(=O)=O. The predicted molar refractivity (Wildman–Crippen MR) is 119 cm³/mol. The van der Waals surface area contributed by atoms with E-state index in [1.807, 2.05) is 30.3 Å². The van der Waals surface area contributed by atoms with Gasteiger partial charge in [-0.05, 0) is 47.2 Å². The fourth-order valence-electron chi connectivity index (χ4n) is 4.09. The number of amides is 1. The van der Waals surface area contributed by atoms with E-state index in [0.717, 1.165) is 22.3 Å². The predicted octanol–water partition coefficient (Wildman–Crippen LogP) is 1.55. The van der Waals surface area contributed by atoms with Gasteiger partial charge in [0.05, 0.1) is 16.5 Å². The monoisotopic (exact) mass is 454 g/mol. The fourth-order valence-corrected chi connectivity index (χ4v) is 5.43. The first-order valence-corrected chi connectivity index (χ1v) is 11.9. The standard InChI is InChI=1S/C23H26N4O4S/c1-27-15-19-13-18(6-7-21(19)32(27,29)30)17-4-2-16(3-5-17)12-20(14-24)26-22(28)23(25)8-10-31-11-9-23/h2-7,13,20H,8-12,15,25H2,1H3,(H,26,28). The quantitative estimate of drug-likeness (QED) is 0.706. The molecule has 2 aliphatic rings. The van der Waals surface area contributed by atoms with E-state index in [1.54, 1.807) is 19.2 Å². The van der Waals surface area contributed by atoms with Crippen molar-refractivity contribution >= 4 is 15.9 Å². The van der Waals surface area contributed by atoms with Crippen molar-refractivity contribution in [1.29, 1.82) is 5.26 Å². The molecule has 0 bridgehead atoms. The molecule has 4 rings (SSSR count). The molecular formula is C23H26N4O4S. The van der Waals surface area contributed by atoms with Gasteiger partial charge in [-0.2, -0.15) is 9.57 Å². The zero-order valence-corrected chi connectivity index (χ0v) is 18.7. The first-order valence-electron chi connectivity index (χ1n) is 10.5. The number of sulfonamides is 1. The first kappa shape index (κ1) is 22.4. The van der Waals surface area contributed by atoms with Crippen molar-refractivity contribution in [2.45, 2.75) is 42.3 Å². The minimum absolute atomic E-state index is 0.318. The van der Waals surface area contributed by atoms with Crippen LogP contribution in [-0.2, 0) is 32.5 Å². The summed E-state index contributed by atoms with van der Waals surface area (Å²) in [6.07, 6.45) is 1.23. The zero-order valence-electron chi connectivity index (χ0n) is 17.9. The smallest absolute Gasteiger partial charge is 0.243 e. The molecule has 1 saturated heterocycles. The van der Waals surface area contributed by atoms with Crippen molar-refractivity contribution in [2.75, 3.05) is 20.3 Å². The summed E-state index contributed by atoms with van der Waals surface area (Å²) >= 11 is 0. The van der Waals surface area contributed by atoms with Crippen molar-refractivity contribution in [3.05, 3.63) is 53.6 Å². The van der Waals surface area contributed by atoms with Gasteiger partial charge in [0.15, 0.2) is 0 Å². The highest BCUT2D eigenvalue weighted by Gasteiger charge is 2.37. The Bertz CT molecular complexity index is 1170. The van der Waals surface area contributed by atoms with Crippen LogP contribution in [0.4, 0.5) is 0 Å². The van der Waals surface area contributed by atoms with Gasteiger partial charge in [0.1, 0.15) is 6.04 Å². The van der Waals surface area contributed by atoms with E-state index in [4.69, 9.17) is 10.5 Å². The molecule has 2 aliphatic heterocycles. The molecule has 3 N–H and O–H groups in total. The number of hydrogen-bond donors (Lipinski definition) is 2. The number of ether oxygens (including phenoxy) is 1. The summed E-state index contributed by atoms with van der Waals surface area (Å²) in [4.78, 5) is 12.9. The summed E-state index contributed by atoms with van der Waals surface area (Å²) in [6, 6.07) is 14.5. The normalized spacial score (nSPS) is 20.2. The number of hydrogen-bond acceptors (Lipinski definition) is 6. The molecule has 1 fully saturated rings. The molecule has 2 aromatic rings. The molecule has 0 saturated carbocycles. The van der Waals surface area contributed by atoms with E-state index in [0.29, 0.717) is 43.9 Å². The Balaban J connectivity index is 1.44. The van der Waals surface area contributed by atoms with Crippen LogP contribution in [0.1, 0.15) is 24.0 Å².